The minimum Gasteiger partial charge on any atom is -0.496 e. The molecule has 1 heterocycles. The number of benzene rings is 3. The summed E-state index contributed by atoms with van der Waals surface area (Å²) in [7, 11) is 1.63. The number of thioether (sulfide) groups is 1. The average molecular weight is 465 g/mol. The van der Waals surface area contributed by atoms with Gasteiger partial charge in [0.15, 0.2) is 11.0 Å². The summed E-state index contributed by atoms with van der Waals surface area (Å²) < 4.78 is 7.48. The second kappa shape index (κ2) is 10.3. The molecule has 1 aromatic heterocycles. The number of nitrogens with one attached hydrogen (secondary N) is 1. The second-order valence-electron chi connectivity index (χ2n) is 6.83. The molecule has 0 aliphatic rings. The molecule has 0 aliphatic carbocycles. The highest BCUT2D eigenvalue weighted by molar-refractivity contribution is 7.99. The van der Waals surface area contributed by atoms with Crippen LogP contribution < -0.4 is 10.1 Å². The van der Waals surface area contributed by atoms with Crippen LogP contribution >= 0.6 is 23.4 Å². The number of rotatable bonds is 8. The standard InChI is InChI=1S/C24H21ClN4O2S/c1-31-21-10-6-5-9-20(21)23-27-28-24(29(23)19-13-11-17(25)12-14-19)32-16-15-22(30)26-18-7-3-2-4-8-18/h2-14H,15-16H2,1H3,(H,26,30). The first kappa shape index (κ1) is 21.9. The lowest BCUT2D eigenvalue weighted by atomic mass is 10.2. The van der Waals surface area contributed by atoms with Crippen LogP contribution in [0.5, 0.6) is 5.75 Å². The third-order valence-corrected chi connectivity index (χ3v) is 5.87. The van der Waals surface area contributed by atoms with E-state index in [1.165, 1.54) is 11.8 Å². The number of ether oxygens (including phenoxy) is 1. The summed E-state index contributed by atoms with van der Waals surface area (Å²) in [5.41, 5.74) is 2.48. The molecule has 0 radical (unpaired) electrons. The largest absolute Gasteiger partial charge is 0.496 e. The minimum atomic E-state index is -0.0498. The molecular weight excluding hydrogens is 444 g/mol. The number of halogens is 1. The van der Waals surface area contributed by atoms with Gasteiger partial charge in [-0.15, -0.1) is 10.2 Å². The maximum atomic E-state index is 12.3. The van der Waals surface area contributed by atoms with E-state index in [9.17, 15) is 4.79 Å². The fraction of sp³-hybridized carbons (Fsp3) is 0.125. The number of anilines is 1. The number of aromatic nitrogens is 3. The first-order chi connectivity index (χ1) is 15.7. The Labute approximate surface area is 195 Å². The zero-order chi connectivity index (χ0) is 22.3. The van der Waals surface area contributed by atoms with Gasteiger partial charge in [-0.2, -0.15) is 0 Å². The molecule has 0 spiro atoms. The number of carbonyl (C=O) groups excluding carboxylic acids is 1. The van der Waals surface area contributed by atoms with Crippen LogP contribution in [0.1, 0.15) is 6.42 Å². The summed E-state index contributed by atoms with van der Waals surface area (Å²) >= 11 is 7.56. The van der Waals surface area contributed by atoms with Crippen molar-refractivity contribution in [3.8, 4) is 22.8 Å². The fourth-order valence-electron chi connectivity index (χ4n) is 3.17. The van der Waals surface area contributed by atoms with Gasteiger partial charge in [0, 0.05) is 28.6 Å². The van der Waals surface area contributed by atoms with Gasteiger partial charge in [-0.25, -0.2) is 0 Å². The third kappa shape index (κ3) is 5.12. The van der Waals surface area contributed by atoms with Crippen molar-refractivity contribution in [2.75, 3.05) is 18.2 Å². The minimum absolute atomic E-state index is 0.0498. The lowest BCUT2D eigenvalue weighted by Crippen LogP contribution is -2.12. The van der Waals surface area contributed by atoms with Crippen molar-refractivity contribution in [2.45, 2.75) is 11.6 Å². The molecule has 0 saturated carbocycles. The van der Waals surface area contributed by atoms with E-state index in [-0.39, 0.29) is 5.91 Å². The Morgan fingerprint density at radius 2 is 1.72 bits per heavy atom. The summed E-state index contributed by atoms with van der Waals surface area (Å²) in [5, 5.41) is 13.1. The Hall–Kier alpha value is -3.29. The maximum Gasteiger partial charge on any atom is 0.225 e. The van der Waals surface area contributed by atoms with E-state index in [1.807, 2.05) is 83.4 Å². The molecule has 8 heteroatoms. The fourth-order valence-corrected chi connectivity index (χ4v) is 4.19. The third-order valence-electron chi connectivity index (χ3n) is 4.68. The topological polar surface area (TPSA) is 69.0 Å². The molecule has 32 heavy (non-hydrogen) atoms. The number of hydrogen-bond donors (Lipinski definition) is 1. The van der Waals surface area contributed by atoms with Crippen LogP contribution in [0.4, 0.5) is 5.69 Å². The molecule has 0 bridgehead atoms. The van der Waals surface area contributed by atoms with Crippen molar-refractivity contribution in [1.29, 1.82) is 0 Å². The zero-order valence-electron chi connectivity index (χ0n) is 17.4. The lowest BCUT2D eigenvalue weighted by molar-refractivity contribution is -0.115. The lowest BCUT2D eigenvalue weighted by Gasteiger charge is -2.12. The van der Waals surface area contributed by atoms with Crippen LogP contribution in [-0.4, -0.2) is 33.5 Å². The number of carbonyl (C=O) groups is 1. The van der Waals surface area contributed by atoms with E-state index in [4.69, 9.17) is 16.3 Å². The summed E-state index contributed by atoms with van der Waals surface area (Å²) in [5.74, 6) is 1.86. The average Bonchev–Trinajstić information content (AvgIpc) is 3.24. The molecule has 1 amide bonds. The van der Waals surface area contributed by atoms with Crippen molar-refractivity contribution in [3.05, 3.63) is 83.9 Å². The highest BCUT2D eigenvalue weighted by Gasteiger charge is 2.19. The van der Waals surface area contributed by atoms with Crippen LogP contribution in [-0.2, 0) is 4.79 Å². The number of hydrogen-bond acceptors (Lipinski definition) is 5. The molecular formula is C24H21ClN4O2S. The summed E-state index contributed by atoms with van der Waals surface area (Å²) in [6.07, 6.45) is 0.344. The Morgan fingerprint density at radius 1 is 1.00 bits per heavy atom. The number of para-hydroxylation sites is 2. The van der Waals surface area contributed by atoms with E-state index in [0.29, 0.717) is 33.9 Å². The molecule has 0 aliphatic heterocycles. The normalized spacial score (nSPS) is 10.7. The van der Waals surface area contributed by atoms with Crippen LogP contribution in [0.2, 0.25) is 5.02 Å². The maximum absolute atomic E-state index is 12.3. The zero-order valence-corrected chi connectivity index (χ0v) is 18.9. The molecule has 4 rings (SSSR count). The predicted molar refractivity (Wildman–Crippen MR) is 129 cm³/mol. The van der Waals surface area contributed by atoms with Crippen LogP contribution in [0.3, 0.4) is 0 Å². The van der Waals surface area contributed by atoms with Crippen LogP contribution in [0.25, 0.3) is 17.1 Å². The Morgan fingerprint density at radius 3 is 2.47 bits per heavy atom. The predicted octanol–water partition coefficient (Wildman–Crippen LogP) is 5.72. The van der Waals surface area contributed by atoms with Crippen LogP contribution in [0.15, 0.2) is 84.0 Å². The van der Waals surface area contributed by atoms with Crippen LogP contribution in [0, 0.1) is 0 Å². The van der Waals surface area contributed by atoms with E-state index in [1.54, 1.807) is 7.11 Å². The number of methoxy groups -OCH3 is 1. The smallest absolute Gasteiger partial charge is 0.225 e. The second-order valence-corrected chi connectivity index (χ2v) is 8.33. The van der Waals surface area contributed by atoms with Crippen molar-refractivity contribution >= 4 is 35.0 Å². The Kier molecular flexibility index (Phi) is 7.09. The molecule has 0 fully saturated rings. The molecule has 0 unspecified atom stereocenters. The Bertz CT molecular complexity index is 1200. The van der Waals surface area contributed by atoms with Crippen molar-refractivity contribution < 1.29 is 9.53 Å². The molecule has 4 aromatic rings. The molecule has 0 saturated heterocycles. The monoisotopic (exact) mass is 464 g/mol. The number of amides is 1. The first-order valence-corrected chi connectivity index (χ1v) is 11.3. The quantitative estimate of drug-likeness (QED) is 0.338. The van der Waals surface area contributed by atoms with Crippen molar-refractivity contribution in [1.82, 2.24) is 14.8 Å². The summed E-state index contributed by atoms with van der Waals surface area (Å²) in [6, 6.07) is 24.6. The first-order valence-electron chi connectivity index (χ1n) is 9.98. The summed E-state index contributed by atoms with van der Waals surface area (Å²) in [4.78, 5) is 12.3. The van der Waals surface area contributed by atoms with Gasteiger partial charge in [0.1, 0.15) is 5.75 Å². The Balaban J connectivity index is 1.57. The van der Waals surface area contributed by atoms with E-state index in [0.717, 1.165) is 16.9 Å². The van der Waals surface area contributed by atoms with Crippen molar-refractivity contribution in [2.24, 2.45) is 0 Å². The number of nitrogens with zero attached hydrogens (tertiary/aromatic N) is 3. The molecule has 162 valence electrons. The molecule has 1 N–H and O–H groups in total. The summed E-state index contributed by atoms with van der Waals surface area (Å²) in [6.45, 7) is 0. The van der Waals surface area contributed by atoms with Gasteiger partial charge in [-0.3, -0.25) is 9.36 Å². The van der Waals surface area contributed by atoms with E-state index < -0.39 is 0 Å². The van der Waals surface area contributed by atoms with Crippen molar-refractivity contribution in [3.63, 3.8) is 0 Å². The highest BCUT2D eigenvalue weighted by atomic mass is 35.5. The van der Waals surface area contributed by atoms with E-state index in [2.05, 4.69) is 15.5 Å². The van der Waals surface area contributed by atoms with Gasteiger partial charge < -0.3 is 10.1 Å². The molecule has 0 atom stereocenters. The van der Waals surface area contributed by atoms with Gasteiger partial charge in [0.05, 0.1) is 12.7 Å². The van der Waals surface area contributed by atoms with Gasteiger partial charge >= 0.3 is 0 Å². The highest BCUT2D eigenvalue weighted by Crippen LogP contribution is 2.33. The molecule has 6 nitrogen and oxygen atoms in total. The van der Waals surface area contributed by atoms with Gasteiger partial charge in [-0.05, 0) is 48.5 Å². The van der Waals surface area contributed by atoms with Gasteiger partial charge in [0.2, 0.25) is 5.91 Å². The van der Waals surface area contributed by atoms with E-state index >= 15 is 0 Å². The SMILES string of the molecule is COc1ccccc1-c1nnc(SCCC(=O)Nc2ccccc2)n1-c1ccc(Cl)cc1. The molecule has 3 aromatic carbocycles. The van der Waals surface area contributed by atoms with Gasteiger partial charge in [0.25, 0.3) is 0 Å². The van der Waals surface area contributed by atoms with Gasteiger partial charge in [-0.1, -0.05) is 53.7 Å².